The van der Waals surface area contributed by atoms with Crippen molar-refractivity contribution in [1.82, 2.24) is 0 Å². The Balaban J connectivity index is 3.11. The van der Waals surface area contributed by atoms with Crippen molar-refractivity contribution in [1.29, 1.82) is 0 Å². The van der Waals surface area contributed by atoms with E-state index < -0.39 is 6.36 Å². The SMILES string of the molecule is [NH3+]CCOC(F)(F)F. The van der Waals surface area contributed by atoms with Crippen LogP contribution in [0.5, 0.6) is 0 Å². The fourth-order valence-corrected chi connectivity index (χ4v) is 0.188. The molecule has 0 bridgehead atoms. The molecule has 0 unspecified atom stereocenters. The second kappa shape index (κ2) is 2.88. The molecule has 0 aliphatic heterocycles. The van der Waals surface area contributed by atoms with E-state index in [4.69, 9.17) is 0 Å². The summed E-state index contributed by atoms with van der Waals surface area (Å²) in [6.07, 6.45) is -4.49. The molecule has 0 aromatic carbocycles. The average molecular weight is 130 g/mol. The first-order chi connectivity index (χ1) is 3.56. The van der Waals surface area contributed by atoms with Crippen LogP contribution < -0.4 is 5.73 Å². The lowest BCUT2D eigenvalue weighted by molar-refractivity contribution is -0.401. The smallest absolute Gasteiger partial charge is 0.356 e. The van der Waals surface area contributed by atoms with Gasteiger partial charge in [0.2, 0.25) is 0 Å². The molecule has 0 amide bonds. The zero-order chi connectivity index (χ0) is 6.62. The fourth-order valence-electron chi connectivity index (χ4n) is 0.188. The Morgan fingerprint density at radius 1 is 1.38 bits per heavy atom. The minimum atomic E-state index is -4.49. The molecule has 0 heterocycles. The van der Waals surface area contributed by atoms with Gasteiger partial charge in [-0.15, -0.1) is 13.2 Å². The second-order valence-electron chi connectivity index (χ2n) is 1.15. The van der Waals surface area contributed by atoms with E-state index in [-0.39, 0.29) is 13.2 Å². The largest absolute Gasteiger partial charge is 0.522 e. The Kier molecular flexibility index (Phi) is 2.78. The van der Waals surface area contributed by atoms with E-state index in [9.17, 15) is 13.2 Å². The van der Waals surface area contributed by atoms with Crippen molar-refractivity contribution in [3.63, 3.8) is 0 Å². The molecule has 0 aliphatic carbocycles. The van der Waals surface area contributed by atoms with E-state index in [0.717, 1.165) is 0 Å². The summed E-state index contributed by atoms with van der Waals surface area (Å²) in [7, 11) is 0. The van der Waals surface area contributed by atoms with Crippen molar-refractivity contribution in [2.45, 2.75) is 6.36 Å². The van der Waals surface area contributed by atoms with E-state index in [1.54, 1.807) is 0 Å². The van der Waals surface area contributed by atoms with Crippen molar-refractivity contribution in [2.75, 3.05) is 13.2 Å². The summed E-state index contributed by atoms with van der Waals surface area (Å²) in [5.41, 5.74) is 3.16. The van der Waals surface area contributed by atoms with E-state index in [1.807, 2.05) is 0 Å². The Morgan fingerprint density at radius 2 is 1.88 bits per heavy atom. The molecule has 0 saturated carbocycles. The molecule has 0 aromatic heterocycles. The molecular weight excluding hydrogens is 123 g/mol. The van der Waals surface area contributed by atoms with Crippen LogP contribution in [0.4, 0.5) is 13.2 Å². The zero-order valence-corrected chi connectivity index (χ0v) is 4.16. The highest BCUT2D eigenvalue weighted by Crippen LogP contribution is 2.14. The first-order valence-electron chi connectivity index (χ1n) is 2.06. The quantitative estimate of drug-likeness (QED) is 0.550. The summed E-state index contributed by atoms with van der Waals surface area (Å²) in [5, 5.41) is 0. The molecule has 0 aromatic rings. The van der Waals surface area contributed by atoms with Gasteiger partial charge in [0, 0.05) is 0 Å². The van der Waals surface area contributed by atoms with Crippen LogP contribution in [0.1, 0.15) is 0 Å². The maximum absolute atomic E-state index is 11.0. The van der Waals surface area contributed by atoms with Crippen LogP contribution in [-0.4, -0.2) is 19.5 Å². The molecule has 3 N–H and O–H groups in total. The highest BCUT2D eigenvalue weighted by atomic mass is 19.4. The third-order valence-electron chi connectivity index (χ3n) is 0.410. The molecule has 0 atom stereocenters. The lowest BCUT2D eigenvalue weighted by Gasteiger charge is -2.02. The van der Waals surface area contributed by atoms with Crippen LogP contribution in [0.2, 0.25) is 0 Å². The summed E-state index contributed by atoms with van der Waals surface area (Å²) in [6, 6.07) is 0. The number of alkyl halides is 3. The van der Waals surface area contributed by atoms with Crippen LogP contribution in [0.3, 0.4) is 0 Å². The topological polar surface area (TPSA) is 36.9 Å². The van der Waals surface area contributed by atoms with Gasteiger partial charge in [0.1, 0.15) is 6.61 Å². The number of halogens is 3. The summed E-state index contributed by atoms with van der Waals surface area (Å²) < 4.78 is 36.3. The van der Waals surface area contributed by atoms with Gasteiger partial charge in [-0.25, -0.2) is 0 Å². The van der Waals surface area contributed by atoms with Crippen LogP contribution in [0, 0.1) is 0 Å². The predicted molar refractivity (Wildman–Crippen MR) is 19.8 cm³/mol. The van der Waals surface area contributed by atoms with Gasteiger partial charge < -0.3 is 5.73 Å². The lowest BCUT2D eigenvalue weighted by atomic mass is 10.7. The van der Waals surface area contributed by atoms with E-state index in [2.05, 4.69) is 10.5 Å². The van der Waals surface area contributed by atoms with Gasteiger partial charge in [-0.3, -0.25) is 4.74 Å². The zero-order valence-electron chi connectivity index (χ0n) is 4.16. The van der Waals surface area contributed by atoms with Crippen LogP contribution >= 0.6 is 0 Å². The van der Waals surface area contributed by atoms with Gasteiger partial charge in [-0.2, -0.15) is 0 Å². The third-order valence-corrected chi connectivity index (χ3v) is 0.410. The van der Waals surface area contributed by atoms with Gasteiger partial charge in [0.05, 0.1) is 6.54 Å². The van der Waals surface area contributed by atoms with Crippen molar-refractivity contribution in [2.24, 2.45) is 0 Å². The minimum Gasteiger partial charge on any atom is -0.356 e. The molecule has 0 aliphatic rings. The monoisotopic (exact) mass is 130 g/mol. The fraction of sp³-hybridized carbons (Fsp3) is 1.00. The van der Waals surface area contributed by atoms with Crippen LogP contribution in [-0.2, 0) is 4.74 Å². The van der Waals surface area contributed by atoms with Crippen molar-refractivity contribution in [3.8, 4) is 0 Å². The highest BCUT2D eigenvalue weighted by Gasteiger charge is 2.28. The maximum Gasteiger partial charge on any atom is 0.522 e. The Hall–Kier alpha value is -0.290. The Labute approximate surface area is 44.4 Å². The normalized spacial score (nSPS) is 12.0. The Morgan fingerprint density at radius 3 is 2.00 bits per heavy atom. The first-order valence-corrected chi connectivity index (χ1v) is 2.06. The molecule has 8 heavy (non-hydrogen) atoms. The molecule has 0 saturated heterocycles. The highest BCUT2D eigenvalue weighted by molar-refractivity contribution is 4.26. The van der Waals surface area contributed by atoms with E-state index in [0.29, 0.717) is 0 Å². The number of quaternary nitrogens is 1. The van der Waals surface area contributed by atoms with Crippen molar-refractivity contribution >= 4 is 0 Å². The molecule has 50 valence electrons. The predicted octanol–water partition coefficient (Wildman–Crippen LogP) is -0.235. The summed E-state index contributed by atoms with van der Waals surface area (Å²) in [5.74, 6) is 0. The van der Waals surface area contributed by atoms with E-state index in [1.165, 1.54) is 0 Å². The third kappa shape index (κ3) is 5.71. The Bertz CT molecular complexity index is 62.0. The molecule has 0 fully saturated rings. The van der Waals surface area contributed by atoms with Gasteiger partial charge in [0.15, 0.2) is 0 Å². The molecule has 0 rings (SSSR count). The summed E-state index contributed by atoms with van der Waals surface area (Å²) in [6.45, 7) is -0.219. The molecular formula is C3H7F3NO+. The number of rotatable bonds is 2. The average Bonchev–Trinajstić information content (AvgIpc) is 1.59. The van der Waals surface area contributed by atoms with Crippen molar-refractivity contribution < 1.29 is 23.6 Å². The number of hydrogen-bond acceptors (Lipinski definition) is 1. The standard InChI is InChI=1S/C3H6F3NO/c4-3(5,6)8-2-1-7/h1-2,7H2/p+1. The van der Waals surface area contributed by atoms with Crippen molar-refractivity contribution in [3.05, 3.63) is 0 Å². The minimum absolute atomic E-state index is 0.138. The van der Waals surface area contributed by atoms with Gasteiger partial charge in [-0.1, -0.05) is 0 Å². The maximum atomic E-state index is 11.0. The van der Waals surface area contributed by atoms with E-state index >= 15 is 0 Å². The summed E-state index contributed by atoms with van der Waals surface area (Å²) in [4.78, 5) is 0. The van der Waals surface area contributed by atoms with Gasteiger partial charge >= 0.3 is 6.36 Å². The van der Waals surface area contributed by atoms with Gasteiger partial charge in [-0.05, 0) is 0 Å². The first kappa shape index (κ1) is 7.71. The second-order valence-corrected chi connectivity index (χ2v) is 1.15. The van der Waals surface area contributed by atoms with Crippen LogP contribution in [0.15, 0.2) is 0 Å². The van der Waals surface area contributed by atoms with Crippen LogP contribution in [0.25, 0.3) is 0 Å². The van der Waals surface area contributed by atoms with Gasteiger partial charge in [0.25, 0.3) is 0 Å². The lowest BCUT2D eigenvalue weighted by Crippen LogP contribution is -2.52. The molecule has 2 nitrogen and oxygen atoms in total. The summed E-state index contributed by atoms with van der Waals surface area (Å²) >= 11 is 0. The molecule has 0 radical (unpaired) electrons. The number of hydrogen-bond donors (Lipinski definition) is 1. The number of ether oxygens (including phenoxy) is 1. The molecule has 0 spiro atoms. The molecule has 5 heteroatoms.